The summed E-state index contributed by atoms with van der Waals surface area (Å²) in [7, 11) is 1.56. The number of benzene rings is 1. The molecule has 0 aliphatic carbocycles. The van der Waals surface area contributed by atoms with Crippen molar-refractivity contribution < 1.29 is 23.5 Å². The maximum absolute atomic E-state index is 13.2. The summed E-state index contributed by atoms with van der Waals surface area (Å²) < 4.78 is 26.3. The minimum atomic E-state index is -1.45. The summed E-state index contributed by atoms with van der Waals surface area (Å²) in [5.74, 6) is -3.95. The lowest BCUT2D eigenvalue weighted by Gasteiger charge is -2.26. The Balaban J connectivity index is 3.04. The van der Waals surface area contributed by atoms with E-state index >= 15 is 0 Å². The zero-order valence-corrected chi connectivity index (χ0v) is 12.1. The first-order valence-electron chi connectivity index (χ1n) is 6.57. The predicted octanol–water partition coefficient (Wildman–Crippen LogP) is 3.32. The van der Waals surface area contributed by atoms with Crippen molar-refractivity contribution in [2.24, 2.45) is 0 Å². The lowest BCUT2D eigenvalue weighted by molar-refractivity contribution is 0.0697. The van der Waals surface area contributed by atoms with E-state index in [0.29, 0.717) is 12.1 Å². The van der Waals surface area contributed by atoms with Gasteiger partial charge in [0.05, 0.1) is 11.3 Å². The lowest BCUT2D eigenvalue weighted by Crippen LogP contribution is -2.39. The van der Waals surface area contributed by atoms with Gasteiger partial charge >= 0.3 is 12.0 Å². The third-order valence-corrected chi connectivity index (χ3v) is 3.34. The van der Waals surface area contributed by atoms with Crippen molar-refractivity contribution in [1.29, 1.82) is 0 Å². The number of nitrogens with one attached hydrogen (secondary N) is 1. The molecule has 0 fully saturated rings. The molecule has 0 heterocycles. The van der Waals surface area contributed by atoms with E-state index in [1.807, 2.05) is 13.8 Å². The summed E-state index contributed by atoms with van der Waals surface area (Å²) in [5, 5.41) is 11.3. The van der Waals surface area contributed by atoms with Gasteiger partial charge in [0.1, 0.15) is 0 Å². The molecule has 0 aromatic heterocycles. The van der Waals surface area contributed by atoms with Crippen molar-refractivity contribution in [2.75, 3.05) is 12.4 Å². The van der Waals surface area contributed by atoms with Crippen molar-refractivity contribution in [3.8, 4) is 0 Å². The highest BCUT2D eigenvalue weighted by Crippen LogP contribution is 2.21. The second-order valence-electron chi connectivity index (χ2n) is 4.63. The van der Waals surface area contributed by atoms with E-state index in [2.05, 4.69) is 5.32 Å². The number of carbonyl (C=O) groups is 2. The number of aromatic carboxylic acids is 1. The van der Waals surface area contributed by atoms with Crippen LogP contribution in [-0.2, 0) is 0 Å². The van der Waals surface area contributed by atoms with Crippen LogP contribution in [0.5, 0.6) is 0 Å². The lowest BCUT2D eigenvalue weighted by atomic mass is 10.1. The summed E-state index contributed by atoms with van der Waals surface area (Å²) in [4.78, 5) is 24.5. The zero-order chi connectivity index (χ0) is 16.2. The van der Waals surface area contributed by atoms with Crippen LogP contribution in [0.1, 0.15) is 37.0 Å². The van der Waals surface area contributed by atoms with Crippen molar-refractivity contribution in [3.05, 3.63) is 29.3 Å². The number of hydrogen-bond donors (Lipinski definition) is 2. The van der Waals surface area contributed by atoms with Gasteiger partial charge in [0, 0.05) is 19.2 Å². The second-order valence-corrected chi connectivity index (χ2v) is 4.63. The first kappa shape index (κ1) is 16.9. The fourth-order valence-corrected chi connectivity index (χ4v) is 2.03. The number of halogens is 2. The molecule has 0 aliphatic heterocycles. The molecule has 2 N–H and O–H groups in total. The first-order valence-corrected chi connectivity index (χ1v) is 6.57. The summed E-state index contributed by atoms with van der Waals surface area (Å²) >= 11 is 0. The van der Waals surface area contributed by atoms with Gasteiger partial charge in [-0.05, 0) is 18.9 Å². The maximum atomic E-state index is 13.2. The van der Waals surface area contributed by atoms with Gasteiger partial charge in [0.2, 0.25) is 0 Å². The Hall–Kier alpha value is -2.18. The topological polar surface area (TPSA) is 69.6 Å². The van der Waals surface area contributed by atoms with Gasteiger partial charge in [-0.3, -0.25) is 0 Å². The number of anilines is 1. The molecule has 0 radical (unpaired) electrons. The van der Waals surface area contributed by atoms with Crippen LogP contribution in [0, 0.1) is 11.6 Å². The number of urea groups is 1. The van der Waals surface area contributed by atoms with Crippen LogP contribution in [0.3, 0.4) is 0 Å². The van der Waals surface area contributed by atoms with Gasteiger partial charge < -0.3 is 15.3 Å². The van der Waals surface area contributed by atoms with Crippen molar-refractivity contribution in [1.82, 2.24) is 4.90 Å². The summed E-state index contributed by atoms with van der Waals surface area (Å²) in [5.41, 5.74) is -0.774. The Labute approximate surface area is 121 Å². The summed E-state index contributed by atoms with van der Waals surface area (Å²) in [6.45, 7) is 3.83. The monoisotopic (exact) mass is 300 g/mol. The van der Waals surface area contributed by atoms with Crippen LogP contribution in [0.4, 0.5) is 19.3 Å². The van der Waals surface area contributed by atoms with Gasteiger partial charge in [0.15, 0.2) is 11.6 Å². The number of amides is 2. The van der Waals surface area contributed by atoms with Gasteiger partial charge in [-0.25, -0.2) is 18.4 Å². The Bertz CT molecular complexity index is 545. The highest BCUT2D eigenvalue weighted by Gasteiger charge is 2.21. The average Bonchev–Trinajstić information content (AvgIpc) is 2.43. The van der Waals surface area contributed by atoms with E-state index in [0.717, 1.165) is 12.8 Å². The highest BCUT2D eigenvalue weighted by molar-refractivity contribution is 6.00. The molecule has 0 aliphatic rings. The molecule has 0 saturated carbocycles. The normalized spacial score (nSPS) is 10.6. The third-order valence-electron chi connectivity index (χ3n) is 3.34. The van der Waals surface area contributed by atoms with Gasteiger partial charge in [-0.15, -0.1) is 0 Å². The Kier molecular flexibility index (Phi) is 5.63. The van der Waals surface area contributed by atoms with Gasteiger partial charge in [0.25, 0.3) is 0 Å². The molecule has 0 saturated heterocycles. The van der Waals surface area contributed by atoms with E-state index in [4.69, 9.17) is 5.11 Å². The number of rotatable bonds is 5. The second kappa shape index (κ2) is 7.01. The summed E-state index contributed by atoms with van der Waals surface area (Å²) in [6.07, 6.45) is 1.45. The molecule has 1 rings (SSSR count). The van der Waals surface area contributed by atoms with E-state index in [1.165, 1.54) is 4.90 Å². The molecule has 0 bridgehead atoms. The van der Waals surface area contributed by atoms with Crippen LogP contribution < -0.4 is 5.32 Å². The molecule has 0 spiro atoms. The standard InChI is InChI=1S/C14H18F2N2O3/c1-4-8(5-2)18(3)14(21)17-12-7-11(16)10(15)6-9(12)13(19)20/h6-8H,4-5H2,1-3H3,(H,17,21)(H,19,20). The largest absolute Gasteiger partial charge is 0.478 e. The van der Waals surface area contributed by atoms with Crippen molar-refractivity contribution >= 4 is 17.7 Å². The van der Waals surface area contributed by atoms with Gasteiger partial charge in [-0.1, -0.05) is 13.8 Å². The summed E-state index contributed by atoms with van der Waals surface area (Å²) in [6, 6.07) is 0.614. The third kappa shape index (κ3) is 3.90. The molecule has 0 unspecified atom stereocenters. The first-order chi connectivity index (χ1) is 9.81. The molecule has 0 atom stereocenters. The maximum Gasteiger partial charge on any atom is 0.337 e. The number of hydrogen-bond acceptors (Lipinski definition) is 2. The molecule has 1 aromatic carbocycles. The average molecular weight is 300 g/mol. The van der Waals surface area contributed by atoms with E-state index < -0.39 is 29.2 Å². The van der Waals surface area contributed by atoms with Crippen LogP contribution >= 0.6 is 0 Å². The molecule has 116 valence electrons. The Morgan fingerprint density at radius 2 is 1.76 bits per heavy atom. The van der Waals surface area contributed by atoms with Crippen LogP contribution in [0.15, 0.2) is 12.1 Å². The zero-order valence-electron chi connectivity index (χ0n) is 12.1. The SMILES string of the molecule is CCC(CC)N(C)C(=O)Nc1cc(F)c(F)cc1C(=O)O. The van der Waals surface area contributed by atoms with Crippen LogP contribution in [0.25, 0.3) is 0 Å². The molecular weight excluding hydrogens is 282 g/mol. The van der Waals surface area contributed by atoms with Gasteiger partial charge in [-0.2, -0.15) is 0 Å². The van der Waals surface area contributed by atoms with Crippen molar-refractivity contribution in [3.63, 3.8) is 0 Å². The molecule has 5 nitrogen and oxygen atoms in total. The molecule has 7 heteroatoms. The fourth-order valence-electron chi connectivity index (χ4n) is 2.03. The molecule has 21 heavy (non-hydrogen) atoms. The minimum absolute atomic E-state index is 0.0245. The predicted molar refractivity (Wildman–Crippen MR) is 74.5 cm³/mol. The highest BCUT2D eigenvalue weighted by atomic mass is 19.2. The molecular formula is C14H18F2N2O3. The Morgan fingerprint density at radius 1 is 1.24 bits per heavy atom. The number of carboxylic acid groups (broad SMARTS) is 1. The van der Waals surface area contributed by atoms with Crippen LogP contribution in [0.2, 0.25) is 0 Å². The quantitative estimate of drug-likeness (QED) is 0.876. The smallest absolute Gasteiger partial charge is 0.337 e. The number of carboxylic acids is 1. The number of nitrogens with zero attached hydrogens (tertiary/aromatic N) is 1. The minimum Gasteiger partial charge on any atom is -0.478 e. The molecule has 2 amide bonds. The van der Waals surface area contributed by atoms with E-state index in [9.17, 15) is 18.4 Å². The van der Waals surface area contributed by atoms with Crippen molar-refractivity contribution in [2.45, 2.75) is 32.7 Å². The number of carbonyl (C=O) groups excluding carboxylic acids is 1. The Morgan fingerprint density at radius 3 is 2.24 bits per heavy atom. The van der Waals surface area contributed by atoms with E-state index in [-0.39, 0.29) is 11.7 Å². The van der Waals surface area contributed by atoms with E-state index in [1.54, 1.807) is 7.05 Å². The van der Waals surface area contributed by atoms with Crippen LogP contribution in [-0.4, -0.2) is 35.1 Å². The molecule has 1 aromatic rings. The fraction of sp³-hybridized carbons (Fsp3) is 0.429.